The molecule has 2 aliphatic heterocycles. The van der Waals surface area contributed by atoms with Gasteiger partial charge in [-0.05, 0) is 47.9 Å². The number of benzene rings is 4. The predicted octanol–water partition coefficient (Wildman–Crippen LogP) is 5.19. The highest BCUT2D eigenvalue weighted by Gasteiger charge is 2.16. The van der Waals surface area contributed by atoms with Crippen molar-refractivity contribution in [1.29, 1.82) is 0 Å². The lowest BCUT2D eigenvalue weighted by atomic mass is 10.0. The van der Waals surface area contributed by atoms with Gasteiger partial charge in [0.1, 0.15) is 11.5 Å². The third kappa shape index (κ3) is 1.98. The Morgan fingerprint density at radius 2 is 1.54 bits per heavy atom. The Balaban J connectivity index is 1.71. The van der Waals surface area contributed by atoms with E-state index in [9.17, 15) is 0 Å². The maximum absolute atomic E-state index is 6.12. The number of para-hydroxylation sites is 2. The van der Waals surface area contributed by atoms with Crippen molar-refractivity contribution in [3.63, 3.8) is 0 Å². The van der Waals surface area contributed by atoms with Crippen molar-refractivity contribution in [2.45, 2.75) is 9.79 Å². The van der Waals surface area contributed by atoms with Crippen LogP contribution in [0.15, 0.2) is 87.6 Å². The summed E-state index contributed by atoms with van der Waals surface area (Å²) >= 11 is 1.79. The summed E-state index contributed by atoms with van der Waals surface area (Å²) in [6, 6.07) is 25.0. The van der Waals surface area contributed by atoms with Crippen molar-refractivity contribution in [2.24, 2.45) is 4.99 Å². The third-order valence-electron chi connectivity index (χ3n) is 4.89. The van der Waals surface area contributed by atoms with Gasteiger partial charge in [-0.25, -0.2) is 4.99 Å². The van der Waals surface area contributed by atoms with E-state index in [4.69, 9.17) is 9.73 Å². The molecule has 0 aliphatic carbocycles. The standard InChI is InChI=1S/C23H13NOS/c1-3-7-19-14(5-1)13-17-15-10-12-22-23(16(15)9-11-20(17)25-19)24-18-6-2-4-8-21(18)26-22/h1-13H. The zero-order chi connectivity index (χ0) is 17.1. The molecule has 0 amide bonds. The monoisotopic (exact) mass is 351 g/mol. The lowest BCUT2D eigenvalue weighted by molar-refractivity contribution is 0.474. The van der Waals surface area contributed by atoms with Gasteiger partial charge in [0, 0.05) is 26.0 Å². The fraction of sp³-hybridized carbons (Fsp3) is 0. The summed E-state index contributed by atoms with van der Waals surface area (Å²) in [5.74, 6) is 1.81. The third-order valence-corrected chi connectivity index (χ3v) is 6.01. The molecule has 0 fully saturated rings. The zero-order valence-corrected chi connectivity index (χ0v) is 14.6. The minimum Gasteiger partial charge on any atom is -0.456 e. The second-order valence-electron chi connectivity index (χ2n) is 6.45. The average molecular weight is 351 g/mol. The maximum Gasteiger partial charge on any atom is 0.135 e. The fourth-order valence-electron chi connectivity index (χ4n) is 3.65. The van der Waals surface area contributed by atoms with E-state index in [1.54, 1.807) is 11.8 Å². The van der Waals surface area contributed by atoms with Gasteiger partial charge in [-0.1, -0.05) is 48.2 Å². The smallest absolute Gasteiger partial charge is 0.135 e. The van der Waals surface area contributed by atoms with Gasteiger partial charge in [0.15, 0.2) is 0 Å². The van der Waals surface area contributed by atoms with Gasteiger partial charge >= 0.3 is 0 Å². The molecule has 4 aromatic carbocycles. The molecule has 2 aliphatic rings. The van der Waals surface area contributed by atoms with Gasteiger partial charge in [0.05, 0.1) is 11.0 Å². The molecule has 0 saturated heterocycles. The van der Waals surface area contributed by atoms with Crippen molar-refractivity contribution >= 4 is 34.3 Å². The molecule has 4 aromatic rings. The van der Waals surface area contributed by atoms with Crippen LogP contribution in [0.3, 0.4) is 0 Å². The molecule has 0 radical (unpaired) electrons. The number of rotatable bonds is 0. The van der Waals surface area contributed by atoms with E-state index in [1.807, 2.05) is 24.3 Å². The number of fused-ring (bicyclic) bond motifs is 7. The number of nitrogens with zero attached hydrogens (tertiary/aromatic N) is 1. The van der Waals surface area contributed by atoms with Gasteiger partial charge in [0.2, 0.25) is 0 Å². The zero-order valence-electron chi connectivity index (χ0n) is 13.8. The van der Waals surface area contributed by atoms with Crippen molar-refractivity contribution in [3.05, 3.63) is 88.9 Å². The largest absolute Gasteiger partial charge is 0.456 e. The van der Waals surface area contributed by atoms with Gasteiger partial charge in [-0.2, -0.15) is 0 Å². The quantitative estimate of drug-likeness (QED) is 0.376. The molecular weight excluding hydrogens is 338 g/mol. The topological polar surface area (TPSA) is 21.6 Å². The summed E-state index contributed by atoms with van der Waals surface area (Å²) in [4.78, 5) is 7.37. The molecule has 6 rings (SSSR count). The highest BCUT2D eigenvalue weighted by Crippen LogP contribution is 2.37. The van der Waals surface area contributed by atoms with Crippen LogP contribution in [0, 0.1) is 0 Å². The summed E-state index contributed by atoms with van der Waals surface area (Å²) in [7, 11) is 0. The highest BCUT2D eigenvalue weighted by molar-refractivity contribution is 7.99. The fourth-order valence-corrected chi connectivity index (χ4v) is 4.64. The molecular formula is C23H13NOS. The SMILES string of the molecule is C1=c2c(ccc3c4c(ccc23)Sc2ccccc2N=4)Oc2ccccc21. The molecule has 3 heteroatoms. The summed E-state index contributed by atoms with van der Waals surface area (Å²) in [6.45, 7) is 0. The van der Waals surface area contributed by atoms with Crippen LogP contribution in [0.5, 0.6) is 11.5 Å². The van der Waals surface area contributed by atoms with Crippen LogP contribution >= 0.6 is 11.8 Å². The van der Waals surface area contributed by atoms with Gasteiger partial charge in [0.25, 0.3) is 0 Å². The number of hydrogen-bond donors (Lipinski definition) is 0. The molecule has 2 nitrogen and oxygen atoms in total. The lowest BCUT2D eigenvalue weighted by Gasteiger charge is -2.17. The Bertz CT molecular complexity index is 1240. The Morgan fingerprint density at radius 1 is 0.692 bits per heavy atom. The molecule has 0 saturated carbocycles. The van der Waals surface area contributed by atoms with Crippen molar-refractivity contribution in [3.8, 4) is 11.5 Å². The molecule has 2 heterocycles. The van der Waals surface area contributed by atoms with Crippen LogP contribution in [0.4, 0.5) is 5.69 Å². The summed E-state index contributed by atoms with van der Waals surface area (Å²) in [5.41, 5.74) is 2.16. The molecule has 122 valence electrons. The summed E-state index contributed by atoms with van der Waals surface area (Å²) in [6.07, 6.45) is 2.22. The summed E-state index contributed by atoms with van der Waals surface area (Å²) < 4.78 is 6.12. The second-order valence-corrected chi connectivity index (χ2v) is 7.53. The molecule has 0 N–H and O–H groups in total. The van der Waals surface area contributed by atoms with Crippen LogP contribution in [0.25, 0.3) is 16.8 Å². The van der Waals surface area contributed by atoms with E-state index in [1.165, 1.54) is 20.6 Å². The average Bonchev–Trinajstić information content (AvgIpc) is 2.70. The Hall–Kier alpha value is -3.04. The Morgan fingerprint density at radius 3 is 2.54 bits per heavy atom. The van der Waals surface area contributed by atoms with Crippen molar-refractivity contribution in [1.82, 2.24) is 0 Å². The van der Waals surface area contributed by atoms with Crippen LogP contribution in [-0.4, -0.2) is 0 Å². The van der Waals surface area contributed by atoms with E-state index in [-0.39, 0.29) is 0 Å². The van der Waals surface area contributed by atoms with Crippen LogP contribution in [-0.2, 0) is 0 Å². The van der Waals surface area contributed by atoms with E-state index < -0.39 is 0 Å². The number of hydrogen-bond acceptors (Lipinski definition) is 3. The van der Waals surface area contributed by atoms with Crippen LogP contribution in [0.1, 0.15) is 5.56 Å². The van der Waals surface area contributed by atoms with E-state index in [0.29, 0.717) is 0 Å². The molecule has 0 spiro atoms. The first kappa shape index (κ1) is 14.2. The van der Waals surface area contributed by atoms with Crippen LogP contribution < -0.4 is 15.3 Å². The normalized spacial score (nSPS) is 13.4. The Labute approximate surface area is 154 Å². The van der Waals surface area contributed by atoms with Crippen LogP contribution in [0.2, 0.25) is 0 Å². The maximum atomic E-state index is 6.12. The van der Waals surface area contributed by atoms with E-state index in [2.05, 4.69) is 54.6 Å². The molecule has 26 heavy (non-hydrogen) atoms. The first-order valence-corrected chi connectivity index (χ1v) is 9.38. The first-order valence-electron chi connectivity index (χ1n) is 8.57. The van der Waals surface area contributed by atoms with Gasteiger partial charge < -0.3 is 4.74 Å². The lowest BCUT2D eigenvalue weighted by Crippen LogP contribution is -2.17. The number of ether oxygens (including phenoxy) is 1. The minimum absolute atomic E-state index is 0.903. The predicted molar refractivity (Wildman–Crippen MR) is 105 cm³/mol. The molecule has 0 aromatic heterocycles. The van der Waals surface area contributed by atoms with Gasteiger partial charge in [-0.15, -0.1) is 0 Å². The first-order chi connectivity index (χ1) is 12.9. The minimum atomic E-state index is 0.903. The summed E-state index contributed by atoms with van der Waals surface area (Å²) in [5, 5.41) is 4.53. The van der Waals surface area contributed by atoms with E-state index in [0.717, 1.165) is 33.3 Å². The molecule has 0 atom stereocenters. The molecule has 0 bridgehead atoms. The second kappa shape index (κ2) is 5.23. The van der Waals surface area contributed by atoms with Crippen molar-refractivity contribution in [2.75, 3.05) is 0 Å². The van der Waals surface area contributed by atoms with Crippen molar-refractivity contribution < 1.29 is 4.74 Å². The van der Waals surface area contributed by atoms with Gasteiger partial charge in [-0.3, -0.25) is 0 Å². The molecule has 0 unspecified atom stereocenters. The highest BCUT2D eigenvalue weighted by atomic mass is 32.2. The van der Waals surface area contributed by atoms with E-state index >= 15 is 0 Å². The Kier molecular flexibility index (Phi) is 2.85.